The summed E-state index contributed by atoms with van der Waals surface area (Å²) in [6, 6.07) is 1.26. The standard InChI is InChI=1S/C12H25NOS/c1-5-15-9-10(2)13-11-6-7-14-12(3,4)8-11/h10-11,13H,5-9H2,1-4H3. The molecule has 90 valence electrons. The Morgan fingerprint density at radius 2 is 2.27 bits per heavy atom. The Morgan fingerprint density at radius 1 is 1.53 bits per heavy atom. The van der Waals surface area contributed by atoms with Gasteiger partial charge in [-0.1, -0.05) is 6.92 Å². The molecule has 0 aromatic rings. The molecule has 1 aliphatic heterocycles. The maximum absolute atomic E-state index is 5.71. The van der Waals surface area contributed by atoms with Crippen LogP contribution in [0.4, 0.5) is 0 Å². The highest BCUT2D eigenvalue weighted by molar-refractivity contribution is 7.99. The topological polar surface area (TPSA) is 21.3 Å². The van der Waals surface area contributed by atoms with Crippen molar-refractivity contribution in [2.45, 2.75) is 58.2 Å². The highest BCUT2D eigenvalue weighted by atomic mass is 32.2. The van der Waals surface area contributed by atoms with E-state index >= 15 is 0 Å². The van der Waals surface area contributed by atoms with Crippen LogP contribution in [0.5, 0.6) is 0 Å². The fourth-order valence-electron chi connectivity index (χ4n) is 2.12. The lowest BCUT2D eigenvalue weighted by Gasteiger charge is -2.37. The van der Waals surface area contributed by atoms with Gasteiger partial charge in [0, 0.05) is 24.4 Å². The van der Waals surface area contributed by atoms with E-state index in [1.165, 1.54) is 11.5 Å². The average molecular weight is 231 g/mol. The monoisotopic (exact) mass is 231 g/mol. The van der Waals surface area contributed by atoms with E-state index < -0.39 is 0 Å². The van der Waals surface area contributed by atoms with Crippen LogP contribution in [-0.4, -0.2) is 35.8 Å². The van der Waals surface area contributed by atoms with Crippen LogP contribution < -0.4 is 5.32 Å². The second kappa shape index (κ2) is 6.12. The van der Waals surface area contributed by atoms with Gasteiger partial charge in [-0.3, -0.25) is 0 Å². The minimum atomic E-state index is 0.0630. The van der Waals surface area contributed by atoms with Crippen molar-refractivity contribution in [2.24, 2.45) is 0 Å². The Hall–Kier alpha value is 0.270. The minimum absolute atomic E-state index is 0.0630. The lowest BCUT2D eigenvalue weighted by atomic mass is 9.93. The molecule has 2 atom stereocenters. The molecule has 1 N–H and O–H groups in total. The first-order valence-corrected chi connectivity index (χ1v) is 7.16. The summed E-state index contributed by atoms with van der Waals surface area (Å²) < 4.78 is 5.71. The maximum Gasteiger partial charge on any atom is 0.0641 e. The van der Waals surface area contributed by atoms with Gasteiger partial charge >= 0.3 is 0 Å². The van der Waals surface area contributed by atoms with E-state index in [1.807, 2.05) is 11.8 Å². The Labute approximate surface area is 98.5 Å². The predicted octanol–water partition coefficient (Wildman–Crippen LogP) is 2.68. The summed E-state index contributed by atoms with van der Waals surface area (Å²) in [6.45, 7) is 9.77. The van der Waals surface area contributed by atoms with Gasteiger partial charge in [-0.2, -0.15) is 11.8 Å². The first-order valence-electron chi connectivity index (χ1n) is 6.01. The third kappa shape index (κ3) is 5.23. The van der Waals surface area contributed by atoms with Gasteiger partial charge in [-0.05, 0) is 39.4 Å². The van der Waals surface area contributed by atoms with Crippen LogP contribution in [0.3, 0.4) is 0 Å². The smallest absolute Gasteiger partial charge is 0.0641 e. The lowest BCUT2D eigenvalue weighted by Crippen LogP contribution is -2.47. The van der Waals surface area contributed by atoms with Gasteiger partial charge in [-0.15, -0.1) is 0 Å². The van der Waals surface area contributed by atoms with Crippen molar-refractivity contribution in [3.05, 3.63) is 0 Å². The Kier molecular flexibility index (Phi) is 5.44. The molecule has 3 heteroatoms. The molecule has 1 fully saturated rings. The average Bonchev–Trinajstić information content (AvgIpc) is 2.13. The maximum atomic E-state index is 5.71. The third-order valence-electron chi connectivity index (χ3n) is 2.79. The molecule has 0 spiro atoms. The van der Waals surface area contributed by atoms with Gasteiger partial charge in [0.2, 0.25) is 0 Å². The van der Waals surface area contributed by atoms with Gasteiger partial charge in [0.25, 0.3) is 0 Å². The number of nitrogens with one attached hydrogen (secondary N) is 1. The summed E-state index contributed by atoms with van der Waals surface area (Å²) in [5.74, 6) is 2.43. The molecule has 15 heavy (non-hydrogen) atoms. The second-order valence-electron chi connectivity index (χ2n) is 5.03. The van der Waals surface area contributed by atoms with E-state index in [-0.39, 0.29) is 5.60 Å². The first kappa shape index (κ1) is 13.3. The van der Waals surface area contributed by atoms with Crippen LogP contribution in [0, 0.1) is 0 Å². The molecule has 2 unspecified atom stereocenters. The van der Waals surface area contributed by atoms with Crippen molar-refractivity contribution in [3.8, 4) is 0 Å². The van der Waals surface area contributed by atoms with E-state index in [4.69, 9.17) is 4.74 Å². The molecule has 0 bridgehead atoms. The highest BCUT2D eigenvalue weighted by Crippen LogP contribution is 2.24. The second-order valence-corrected chi connectivity index (χ2v) is 6.34. The van der Waals surface area contributed by atoms with E-state index in [0.717, 1.165) is 19.4 Å². The first-order chi connectivity index (χ1) is 7.03. The van der Waals surface area contributed by atoms with E-state index in [0.29, 0.717) is 12.1 Å². The SMILES string of the molecule is CCSCC(C)NC1CCOC(C)(C)C1. The summed E-state index contributed by atoms with van der Waals surface area (Å²) in [6.07, 6.45) is 2.29. The van der Waals surface area contributed by atoms with Crippen molar-refractivity contribution in [1.29, 1.82) is 0 Å². The summed E-state index contributed by atoms with van der Waals surface area (Å²) >= 11 is 2.01. The van der Waals surface area contributed by atoms with Crippen molar-refractivity contribution in [1.82, 2.24) is 5.32 Å². The molecule has 0 amide bonds. The predicted molar refractivity (Wildman–Crippen MR) is 68.6 cm³/mol. The third-order valence-corrected chi connectivity index (χ3v) is 3.93. The zero-order chi connectivity index (χ0) is 11.3. The molecule has 1 rings (SSSR count). The molecule has 0 aliphatic carbocycles. The van der Waals surface area contributed by atoms with Crippen molar-refractivity contribution < 1.29 is 4.74 Å². The van der Waals surface area contributed by atoms with Crippen LogP contribution in [0.1, 0.15) is 40.5 Å². The number of thioether (sulfide) groups is 1. The summed E-state index contributed by atoms with van der Waals surface area (Å²) in [7, 11) is 0. The largest absolute Gasteiger partial charge is 0.375 e. The van der Waals surface area contributed by atoms with Crippen LogP contribution in [0.25, 0.3) is 0 Å². The Balaban J connectivity index is 2.25. The highest BCUT2D eigenvalue weighted by Gasteiger charge is 2.29. The van der Waals surface area contributed by atoms with E-state index in [9.17, 15) is 0 Å². The van der Waals surface area contributed by atoms with Crippen LogP contribution in [0.2, 0.25) is 0 Å². The van der Waals surface area contributed by atoms with Gasteiger partial charge < -0.3 is 10.1 Å². The number of ether oxygens (including phenoxy) is 1. The summed E-state index contributed by atoms with van der Waals surface area (Å²) in [4.78, 5) is 0. The number of hydrogen-bond acceptors (Lipinski definition) is 3. The molecular formula is C12H25NOS. The normalized spacial score (nSPS) is 27.6. The molecular weight excluding hydrogens is 206 g/mol. The van der Waals surface area contributed by atoms with Gasteiger partial charge in [0.1, 0.15) is 0 Å². The zero-order valence-electron chi connectivity index (χ0n) is 10.5. The molecule has 1 heterocycles. The van der Waals surface area contributed by atoms with Gasteiger partial charge in [0.15, 0.2) is 0 Å². The Bertz CT molecular complexity index is 184. The van der Waals surface area contributed by atoms with E-state index in [1.54, 1.807) is 0 Å². The summed E-state index contributed by atoms with van der Waals surface area (Å²) in [5.41, 5.74) is 0.0630. The quantitative estimate of drug-likeness (QED) is 0.786. The summed E-state index contributed by atoms with van der Waals surface area (Å²) in [5, 5.41) is 3.71. The Morgan fingerprint density at radius 3 is 2.87 bits per heavy atom. The van der Waals surface area contributed by atoms with Crippen LogP contribution in [-0.2, 0) is 4.74 Å². The fraction of sp³-hybridized carbons (Fsp3) is 1.00. The zero-order valence-corrected chi connectivity index (χ0v) is 11.3. The fourth-order valence-corrected chi connectivity index (χ4v) is 2.80. The van der Waals surface area contributed by atoms with Crippen molar-refractivity contribution >= 4 is 11.8 Å². The van der Waals surface area contributed by atoms with Crippen LogP contribution >= 0.6 is 11.8 Å². The molecule has 0 aromatic heterocycles. The van der Waals surface area contributed by atoms with Crippen molar-refractivity contribution in [2.75, 3.05) is 18.1 Å². The van der Waals surface area contributed by atoms with Gasteiger partial charge in [0.05, 0.1) is 5.60 Å². The molecule has 0 saturated carbocycles. The molecule has 0 radical (unpaired) electrons. The molecule has 2 nitrogen and oxygen atoms in total. The number of rotatable bonds is 5. The lowest BCUT2D eigenvalue weighted by molar-refractivity contribution is -0.0636. The van der Waals surface area contributed by atoms with Crippen molar-refractivity contribution in [3.63, 3.8) is 0 Å². The van der Waals surface area contributed by atoms with Crippen LogP contribution in [0.15, 0.2) is 0 Å². The van der Waals surface area contributed by atoms with Gasteiger partial charge in [-0.25, -0.2) is 0 Å². The molecule has 1 saturated heterocycles. The van der Waals surface area contributed by atoms with E-state index in [2.05, 4.69) is 33.0 Å². The minimum Gasteiger partial charge on any atom is -0.375 e. The number of hydrogen-bond donors (Lipinski definition) is 1. The molecule has 1 aliphatic rings. The molecule has 0 aromatic carbocycles.